The van der Waals surface area contributed by atoms with E-state index in [1.165, 1.54) is 30.6 Å². The molecule has 1 rings (SSSR count). The fourth-order valence-corrected chi connectivity index (χ4v) is 2.22. The molecule has 0 fully saturated rings. The maximum atomic E-state index is 10.6. The number of hydrogen-bond donors (Lipinski definition) is 2. The van der Waals surface area contributed by atoms with Crippen molar-refractivity contribution in [2.45, 2.75) is 45.6 Å². The van der Waals surface area contributed by atoms with E-state index in [0.29, 0.717) is 11.2 Å². The summed E-state index contributed by atoms with van der Waals surface area (Å²) in [5.41, 5.74) is 0.119. The van der Waals surface area contributed by atoms with Gasteiger partial charge in [-0.05, 0) is 13.3 Å². The minimum atomic E-state index is -0.970. The smallest absolute Gasteiger partial charge is 0.355 e. The molecule has 0 aliphatic rings. The molecular formula is C11H18N2O2S. The zero-order valence-electron chi connectivity index (χ0n) is 9.69. The van der Waals surface area contributed by atoms with E-state index in [9.17, 15) is 4.79 Å². The SMILES string of the molecule is CCCCCC(C)Nc1nc(C(=O)O)cs1. The summed E-state index contributed by atoms with van der Waals surface area (Å²) in [7, 11) is 0. The summed E-state index contributed by atoms with van der Waals surface area (Å²) >= 11 is 1.34. The first-order valence-electron chi connectivity index (χ1n) is 5.58. The van der Waals surface area contributed by atoms with Gasteiger partial charge in [0, 0.05) is 11.4 Å². The molecule has 0 saturated heterocycles. The number of hydrogen-bond acceptors (Lipinski definition) is 4. The molecule has 1 atom stereocenters. The summed E-state index contributed by atoms with van der Waals surface area (Å²) in [4.78, 5) is 14.6. The molecule has 0 aromatic carbocycles. The third-order valence-corrected chi connectivity index (χ3v) is 3.11. The zero-order valence-corrected chi connectivity index (χ0v) is 10.5. The number of nitrogens with one attached hydrogen (secondary N) is 1. The molecular weight excluding hydrogens is 224 g/mol. The second-order valence-corrected chi connectivity index (χ2v) is 4.74. The van der Waals surface area contributed by atoms with E-state index >= 15 is 0 Å². The maximum absolute atomic E-state index is 10.6. The number of aromatic nitrogens is 1. The number of carboxylic acid groups (broad SMARTS) is 1. The highest BCUT2D eigenvalue weighted by Gasteiger charge is 2.10. The van der Waals surface area contributed by atoms with E-state index in [0.717, 1.165) is 6.42 Å². The minimum absolute atomic E-state index is 0.119. The van der Waals surface area contributed by atoms with Crippen molar-refractivity contribution in [3.63, 3.8) is 0 Å². The average molecular weight is 242 g/mol. The van der Waals surface area contributed by atoms with Crippen LogP contribution in [0.4, 0.5) is 5.13 Å². The van der Waals surface area contributed by atoms with Gasteiger partial charge in [-0.2, -0.15) is 0 Å². The van der Waals surface area contributed by atoms with Crippen LogP contribution in [0.15, 0.2) is 5.38 Å². The molecule has 0 bridgehead atoms. The summed E-state index contributed by atoms with van der Waals surface area (Å²) in [5, 5.41) is 14.2. The number of thiazole rings is 1. The van der Waals surface area contributed by atoms with Gasteiger partial charge in [-0.1, -0.05) is 26.2 Å². The Kier molecular flexibility index (Phi) is 5.25. The number of carboxylic acids is 1. The molecule has 0 saturated carbocycles. The molecule has 0 spiro atoms. The van der Waals surface area contributed by atoms with Crippen molar-refractivity contribution in [1.82, 2.24) is 4.98 Å². The second-order valence-electron chi connectivity index (χ2n) is 3.88. The van der Waals surface area contributed by atoms with E-state index in [4.69, 9.17) is 5.11 Å². The predicted molar refractivity (Wildman–Crippen MR) is 66.3 cm³/mol. The van der Waals surface area contributed by atoms with Crippen LogP contribution in [0.3, 0.4) is 0 Å². The van der Waals surface area contributed by atoms with Crippen LogP contribution in [0.25, 0.3) is 0 Å². The third-order valence-electron chi connectivity index (χ3n) is 2.33. The van der Waals surface area contributed by atoms with E-state index in [1.807, 2.05) is 0 Å². The Hall–Kier alpha value is -1.10. The van der Waals surface area contributed by atoms with Crippen molar-refractivity contribution in [1.29, 1.82) is 0 Å². The Morgan fingerprint density at radius 1 is 1.62 bits per heavy atom. The number of rotatable bonds is 7. The molecule has 1 aromatic rings. The standard InChI is InChI=1S/C11H18N2O2S/c1-3-4-5-6-8(2)12-11-13-9(7-16-11)10(14)15/h7-8H,3-6H2,1-2H3,(H,12,13)(H,14,15). The van der Waals surface area contributed by atoms with Gasteiger partial charge < -0.3 is 10.4 Å². The molecule has 2 N–H and O–H groups in total. The molecule has 0 radical (unpaired) electrons. The topological polar surface area (TPSA) is 62.2 Å². The molecule has 4 nitrogen and oxygen atoms in total. The minimum Gasteiger partial charge on any atom is -0.476 e. The molecule has 0 aliphatic carbocycles. The first-order chi connectivity index (χ1) is 7.63. The Bertz CT molecular complexity index is 338. The van der Waals surface area contributed by atoms with E-state index in [-0.39, 0.29) is 5.69 Å². The largest absolute Gasteiger partial charge is 0.476 e. The number of nitrogens with zero attached hydrogens (tertiary/aromatic N) is 1. The highest BCUT2D eigenvalue weighted by Crippen LogP contribution is 2.17. The van der Waals surface area contributed by atoms with Gasteiger partial charge in [0.1, 0.15) is 0 Å². The van der Waals surface area contributed by atoms with Crippen molar-refractivity contribution in [3.05, 3.63) is 11.1 Å². The molecule has 5 heteroatoms. The van der Waals surface area contributed by atoms with E-state index in [2.05, 4.69) is 24.1 Å². The van der Waals surface area contributed by atoms with Crippen LogP contribution < -0.4 is 5.32 Å². The molecule has 0 amide bonds. The second kappa shape index (κ2) is 6.48. The van der Waals surface area contributed by atoms with Crippen molar-refractivity contribution in [3.8, 4) is 0 Å². The third kappa shape index (κ3) is 4.18. The fourth-order valence-electron chi connectivity index (χ4n) is 1.42. The number of aromatic carboxylic acids is 1. The van der Waals surface area contributed by atoms with Crippen molar-refractivity contribution in [2.75, 3.05) is 5.32 Å². The van der Waals surface area contributed by atoms with Crippen LogP contribution in [0.2, 0.25) is 0 Å². The Morgan fingerprint density at radius 2 is 2.38 bits per heavy atom. The lowest BCUT2D eigenvalue weighted by Gasteiger charge is -2.11. The van der Waals surface area contributed by atoms with Crippen LogP contribution in [0, 0.1) is 0 Å². The molecule has 16 heavy (non-hydrogen) atoms. The van der Waals surface area contributed by atoms with Crippen molar-refractivity contribution in [2.24, 2.45) is 0 Å². The van der Waals surface area contributed by atoms with Crippen LogP contribution in [0.1, 0.15) is 50.0 Å². The first-order valence-corrected chi connectivity index (χ1v) is 6.46. The van der Waals surface area contributed by atoms with E-state index < -0.39 is 5.97 Å². The highest BCUT2D eigenvalue weighted by atomic mass is 32.1. The summed E-state index contributed by atoms with van der Waals surface area (Å²) in [6.07, 6.45) is 4.75. The van der Waals surface area contributed by atoms with Gasteiger partial charge in [0.15, 0.2) is 10.8 Å². The number of carbonyl (C=O) groups is 1. The van der Waals surface area contributed by atoms with E-state index in [1.54, 1.807) is 5.38 Å². The fraction of sp³-hybridized carbons (Fsp3) is 0.636. The van der Waals surface area contributed by atoms with Gasteiger partial charge in [-0.3, -0.25) is 0 Å². The Labute approximate surface area is 99.7 Å². The number of anilines is 1. The number of unbranched alkanes of at least 4 members (excludes halogenated alkanes) is 2. The van der Waals surface area contributed by atoms with Crippen molar-refractivity contribution < 1.29 is 9.90 Å². The van der Waals surface area contributed by atoms with Gasteiger partial charge in [0.25, 0.3) is 0 Å². The summed E-state index contributed by atoms with van der Waals surface area (Å²) < 4.78 is 0. The lowest BCUT2D eigenvalue weighted by molar-refractivity contribution is 0.0691. The quantitative estimate of drug-likeness (QED) is 0.721. The normalized spacial score (nSPS) is 12.4. The first kappa shape index (κ1) is 13.0. The van der Waals surface area contributed by atoms with Gasteiger partial charge in [0.2, 0.25) is 0 Å². The molecule has 1 heterocycles. The Morgan fingerprint density at radius 3 is 2.94 bits per heavy atom. The zero-order chi connectivity index (χ0) is 12.0. The van der Waals surface area contributed by atoms with Crippen LogP contribution in [0.5, 0.6) is 0 Å². The van der Waals surface area contributed by atoms with Crippen LogP contribution in [-0.2, 0) is 0 Å². The molecule has 1 aromatic heterocycles. The lowest BCUT2D eigenvalue weighted by Crippen LogP contribution is -2.14. The molecule has 0 aliphatic heterocycles. The molecule has 1 unspecified atom stereocenters. The summed E-state index contributed by atoms with van der Waals surface area (Å²) in [6, 6.07) is 0.347. The Balaban J connectivity index is 2.37. The lowest BCUT2D eigenvalue weighted by atomic mass is 10.1. The predicted octanol–water partition coefficient (Wildman–Crippen LogP) is 3.22. The van der Waals surface area contributed by atoms with Crippen LogP contribution in [-0.4, -0.2) is 22.1 Å². The monoisotopic (exact) mass is 242 g/mol. The average Bonchev–Trinajstić information content (AvgIpc) is 2.66. The van der Waals surface area contributed by atoms with Gasteiger partial charge in [-0.25, -0.2) is 9.78 Å². The summed E-state index contributed by atoms with van der Waals surface area (Å²) in [5.74, 6) is -0.970. The van der Waals surface area contributed by atoms with Gasteiger partial charge >= 0.3 is 5.97 Å². The molecule has 90 valence electrons. The van der Waals surface area contributed by atoms with Crippen LogP contribution >= 0.6 is 11.3 Å². The van der Waals surface area contributed by atoms with Gasteiger partial charge in [-0.15, -0.1) is 11.3 Å². The summed E-state index contributed by atoms with van der Waals surface area (Å²) in [6.45, 7) is 4.27. The van der Waals surface area contributed by atoms with Gasteiger partial charge in [0.05, 0.1) is 0 Å². The van der Waals surface area contributed by atoms with Crippen molar-refractivity contribution >= 4 is 22.4 Å². The maximum Gasteiger partial charge on any atom is 0.355 e. The highest BCUT2D eigenvalue weighted by molar-refractivity contribution is 7.13.